The van der Waals surface area contributed by atoms with E-state index in [0.29, 0.717) is 31.1 Å². The fourth-order valence-electron chi connectivity index (χ4n) is 3.14. The molecule has 1 saturated heterocycles. The van der Waals surface area contributed by atoms with Gasteiger partial charge in [0.25, 0.3) is 0 Å². The van der Waals surface area contributed by atoms with Crippen molar-refractivity contribution in [3.63, 3.8) is 0 Å². The average Bonchev–Trinajstić information content (AvgIpc) is 3.06. The van der Waals surface area contributed by atoms with Crippen LogP contribution in [0, 0.1) is 0 Å². The summed E-state index contributed by atoms with van der Waals surface area (Å²) in [5.41, 5.74) is -0.298. The zero-order chi connectivity index (χ0) is 19.8. The Bertz CT molecular complexity index is 802. The maximum Gasteiger partial charge on any atom is 0.416 e. The van der Waals surface area contributed by atoms with Crippen LogP contribution in [0.4, 0.5) is 13.2 Å². The molecule has 0 saturated carbocycles. The minimum Gasteiger partial charge on any atom is -0.338 e. The Balaban J connectivity index is 1.77. The van der Waals surface area contributed by atoms with Crippen molar-refractivity contribution in [1.29, 1.82) is 0 Å². The lowest BCUT2D eigenvalue weighted by Gasteiger charge is -2.40. The van der Waals surface area contributed by atoms with Gasteiger partial charge in [0, 0.05) is 19.1 Å². The lowest BCUT2D eigenvalue weighted by molar-refractivity contribution is -0.143. The number of tetrazole rings is 1. The summed E-state index contributed by atoms with van der Waals surface area (Å²) in [5.74, 6) is 0.511. The molecule has 1 aliphatic heterocycles. The van der Waals surface area contributed by atoms with Crippen molar-refractivity contribution in [3.8, 4) is 5.69 Å². The SMILES string of the molecule is CC(C)N1CCN(Cc2nnnn2-c2ccc(C(F)(F)F)cc2)[C@@H](C)C1=O. The first-order valence-corrected chi connectivity index (χ1v) is 8.68. The largest absolute Gasteiger partial charge is 0.416 e. The van der Waals surface area contributed by atoms with Gasteiger partial charge in [-0.2, -0.15) is 17.9 Å². The number of carbonyl (C=O) groups is 1. The number of rotatable bonds is 4. The molecule has 1 aromatic carbocycles. The molecule has 0 bridgehead atoms. The standard InChI is InChI=1S/C17H21F3N6O/c1-11(2)25-9-8-24(12(3)16(25)27)10-15-21-22-23-26(15)14-6-4-13(5-7-14)17(18,19)20/h4-7,11-12H,8-10H2,1-3H3/t12-/m0/s1. The molecule has 10 heteroatoms. The van der Waals surface area contributed by atoms with Gasteiger partial charge in [0.05, 0.1) is 23.8 Å². The molecule has 1 aromatic heterocycles. The fraction of sp³-hybridized carbons (Fsp3) is 0.529. The average molecular weight is 382 g/mol. The molecule has 1 amide bonds. The van der Waals surface area contributed by atoms with Crippen molar-refractivity contribution in [1.82, 2.24) is 30.0 Å². The molecule has 0 radical (unpaired) electrons. The Labute approximate surface area is 154 Å². The molecule has 0 spiro atoms. The highest BCUT2D eigenvalue weighted by atomic mass is 19.4. The first-order valence-electron chi connectivity index (χ1n) is 8.68. The molecule has 1 fully saturated rings. The van der Waals surface area contributed by atoms with Crippen molar-refractivity contribution in [2.75, 3.05) is 13.1 Å². The molecular formula is C17H21F3N6O. The van der Waals surface area contributed by atoms with Crippen LogP contribution >= 0.6 is 0 Å². The van der Waals surface area contributed by atoms with Gasteiger partial charge in [-0.15, -0.1) is 5.10 Å². The Kier molecular flexibility index (Phi) is 5.18. The maximum atomic E-state index is 12.7. The van der Waals surface area contributed by atoms with E-state index in [2.05, 4.69) is 15.5 Å². The Morgan fingerprint density at radius 2 is 1.85 bits per heavy atom. The number of carbonyl (C=O) groups excluding carboxylic acids is 1. The Morgan fingerprint density at radius 3 is 2.44 bits per heavy atom. The Hall–Kier alpha value is -2.49. The van der Waals surface area contributed by atoms with Gasteiger partial charge in [-0.25, -0.2) is 0 Å². The third-order valence-corrected chi connectivity index (χ3v) is 4.76. The number of aromatic nitrogens is 4. The quantitative estimate of drug-likeness (QED) is 0.810. The van der Waals surface area contributed by atoms with E-state index in [0.717, 1.165) is 12.1 Å². The number of hydrogen-bond acceptors (Lipinski definition) is 5. The van der Waals surface area contributed by atoms with Crippen LogP contribution in [0.15, 0.2) is 24.3 Å². The van der Waals surface area contributed by atoms with Gasteiger partial charge in [-0.3, -0.25) is 9.69 Å². The minimum atomic E-state index is -4.39. The second-order valence-electron chi connectivity index (χ2n) is 6.82. The molecule has 0 aliphatic carbocycles. The van der Waals surface area contributed by atoms with Crippen molar-refractivity contribution in [2.24, 2.45) is 0 Å². The summed E-state index contributed by atoms with van der Waals surface area (Å²) in [4.78, 5) is 16.3. The zero-order valence-electron chi connectivity index (χ0n) is 15.3. The first kappa shape index (κ1) is 19.3. The minimum absolute atomic E-state index is 0.0461. The molecule has 27 heavy (non-hydrogen) atoms. The topological polar surface area (TPSA) is 67.2 Å². The van der Waals surface area contributed by atoms with Crippen LogP contribution < -0.4 is 0 Å². The van der Waals surface area contributed by atoms with E-state index in [1.54, 1.807) is 0 Å². The molecule has 3 rings (SSSR count). The summed E-state index contributed by atoms with van der Waals surface area (Å²) < 4.78 is 39.6. The monoisotopic (exact) mass is 382 g/mol. The van der Waals surface area contributed by atoms with E-state index < -0.39 is 11.7 Å². The summed E-state index contributed by atoms with van der Waals surface area (Å²) in [6, 6.07) is 4.46. The summed E-state index contributed by atoms with van der Waals surface area (Å²) in [6.07, 6.45) is -4.39. The van der Waals surface area contributed by atoms with Gasteiger partial charge in [0.15, 0.2) is 5.82 Å². The van der Waals surface area contributed by atoms with Crippen molar-refractivity contribution >= 4 is 5.91 Å². The zero-order valence-corrected chi connectivity index (χ0v) is 15.3. The predicted molar refractivity (Wildman–Crippen MR) is 90.9 cm³/mol. The maximum absolute atomic E-state index is 12.7. The molecule has 0 unspecified atom stereocenters. The lowest BCUT2D eigenvalue weighted by atomic mass is 10.1. The highest BCUT2D eigenvalue weighted by Gasteiger charge is 2.34. The van der Waals surface area contributed by atoms with Crippen LogP contribution in [0.3, 0.4) is 0 Å². The van der Waals surface area contributed by atoms with Gasteiger partial charge in [-0.05, 0) is 55.5 Å². The van der Waals surface area contributed by atoms with E-state index >= 15 is 0 Å². The predicted octanol–water partition coefficient (Wildman–Crippen LogP) is 2.12. The van der Waals surface area contributed by atoms with Crippen LogP contribution in [0.25, 0.3) is 5.69 Å². The summed E-state index contributed by atoms with van der Waals surface area (Å²) in [5, 5.41) is 11.5. The van der Waals surface area contributed by atoms with Crippen LogP contribution in [0.1, 0.15) is 32.2 Å². The smallest absolute Gasteiger partial charge is 0.338 e. The van der Waals surface area contributed by atoms with Gasteiger partial charge in [0.2, 0.25) is 5.91 Å². The van der Waals surface area contributed by atoms with E-state index in [1.165, 1.54) is 16.8 Å². The highest BCUT2D eigenvalue weighted by Crippen LogP contribution is 2.29. The highest BCUT2D eigenvalue weighted by molar-refractivity contribution is 5.82. The number of amides is 1. The van der Waals surface area contributed by atoms with E-state index in [1.807, 2.05) is 30.6 Å². The summed E-state index contributed by atoms with van der Waals surface area (Å²) in [6.45, 7) is 7.40. The van der Waals surface area contributed by atoms with Crippen LogP contribution in [0.5, 0.6) is 0 Å². The van der Waals surface area contributed by atoms with Crippen LogP contribution in [0.2, 0.25) is 0 Å². The third-order valence-electron chi connectivity index (χ3n) is 4.76. The van der Waals surface area contributed by atoms with Gasteiger partial charge < -0.3 is 4.90 Å². The molecule has 146 valence electrons. The fourth-order valence-corrected chi connectivity index (χ4v) is 3.14. The van der Waals surface area contributed by atoms with Gasteiger partial charge in [0.1, 0.15) is 0 Å². The number of alkyl halides is 3. The molecule has 0 N–H and O–H groups in total. The van der Waals surface area contributed by atoms with E-state index in [-0.39, 0.29) is 18.0 Å². The van der Waals surface area contributed by atoms with Crippen LogP contribution in [-0.2, 0) is 17.5 Å². The summed E-state index contributed by atoms with van der Waals surface area (Å²) >= 11 is 0. The molecule has 2 aromatic rings. The van der Waals surface area contributed by atoms with Crippen molar-refractivity contribution in [2.45, 2.75) is 45.6 Å². The number of benzene rings is 1. The third kappa shape index (κ3) is 3.95. The second kappa shape index (κ2) is 7.26. The van der Waals surface area contributed by atoms with E-state index in [4.69, 9.17) is 0 Å². The van der Waals surface area contributed by atoms with Crippen molar-refractivity contribution in [3.05, 3.63) is 35.7 Å². The molecule has 1 aliphatic rings. The second-order valence-corrected chi connectivity index (χ2v) is 6.82. The van der Waals surface area contributed by atoms with Crippen LogP contribution in [-0.4, -0.2) is 61.1 Å². The molecule has 7 nitrogen and oxygen atoms in total. The van der Waals surface area contributed by atoms with Gasteiger partial charge >= 0.3 is 6.18 Å². The number of hydrogen-bond donors (Lipinski definition) is 0. The lowest BCUT2D eigenvalue weighted by Crippen LogP contribution is -2.57. The summed E-state index contributed by atoms with van der Waals surface area (Å²) in [7, 11) is 0. The number of piperazine rings is 1. The normalized spacial score (nSPS) is 19.1. The van der Waals surface area contributed by atoms with E-state index in [9.17, 15) is 18.0 Å². The Morgan fingerprint density at radius 1 is 1.19 bits per heavy atom. The number of nitrogens with zero attached hydrogens (tertiary/aromatic N) is 6. The van der Waals surface area contributed by atoms with Crippen molar-refractivity contribution < 1.29 is 18.0 Å². The first-order chi connectivity index (χ1) is 12.7. The molecule has 2 heterocycles. The molecule has 1 atom stereocenters. The van der Waals surface area contributed by atoms with Gasteiger partial charge in [-0.1, -0.05) is 0 Å². The molecular weight excluding hydrogens is 361 g/mol. The number of halogens is 3.